The normalized spacial score (nSPS) is 16.8. The summed E-state index contributed by atoms with van der Waals surface area (Å²) < 4.78 is 10.9. The SMILES string of the molecule is Cc1ccc2c(c1)N(Cc1nc(C(=O)NCC[NH+]3CCCC3)co1)C(=O)CO2. The molecule has 8 heteroatoms. The second-order valence-corrected chi connectivity index (χ2v) is 7.33. The number of benzene rings is 1. The average Bonchev–Trinajstić information content (AvgIpc) is 3.36. The largest absolute Gasteiger partial charge is 0.482 e. The fraction of sp³-hybridized carbons (Fsp3) is 0.450. The van der Waals surface area contributed by atoms with Crippen LogP contribution in [0.4, 0.5) is 5.69 Å². The van der Waals surface area contributed by atoms with Crippen molar-refractivity contribution in [3.05, 3.63) is 41.6 Å². The smallest absolute Gasteiger partial charge is 0.273 e. The van der Waals surface area contributed by atoms with Crippen molar-refractivity contribution < 1.29 is 23.6 Å². The minimum Gasteiger partial charge on any atom is -0.482 e. The molecule has 4 rings (SSSR count). The van der Waals surface area contributed by atoms with E-state index in [4.69, 9.17) is 9.15 Å². The highest BCUT2D eigenvalue weighted by Crippen LogP contribution is 2.33. The number of quaternary nitrogens is 1. The van der Waals surface area contributed by atoms with E-state index in [0.717, 1.165) is 12.1 Å². The van der Waals surface area contributed by atoms with Gasteiger partial charge in [0.15, 0.2) is 12.3 Å². The summed E-state index contributed by atoms with van der Waals surface area (Å²) in [5.74, 6) is 0.547. The van der Waals surface area contributed by atoms with Gasteiger partial charge in [-0.1, -0.05) is 6.07 Å². The third kappa shape index (κ3) is 4.01. The molecule has 2 aromatic rings. The fourth-order valence-corrected chi connectivity index (χ4v) is 3.68. The zero-order valence-corrected chi connectivity index (χ0v) is 16.0. The quantitative estimate of drug-likeness (QED) is 0.748. The second kappa shape index (κ2) is 8.02. The maximum atomic E-state index is 12.3. The Morgan fingerprint density at radius 2 is 2.14 bits per heavy atom. The van der Waals surface area contributed by atoms with Gasteiger partial charge in [0.05, 0.1) is 31.9 Å². The summed E-state index contributed by atoms with van der Waals surface area (Å²) in [6.45, 7) is 5.98. The Hall–Kier alpha value is -2.87. The number of likely N-dealkylation sites (tertiary alicyclic amines) is 1. The van der Waals surface area contributed by atoms with Gasteiger partial charge in [-0.25, -0.2) is 4.98 Å². The molecule has 148 valence electrons. The number of fused-ring (bicyclic) bond motifs is 1. The molecule has 0 radical (unpaired) electrons. The van der Waals surface area contributed by atoms with Crippen LogP contribution in [0.25, 0.3) is 0 Å². The van der Waals surface area contributed by atoms with E-state index in [9.17, 15) is 9.59 Å². The lowest BCUT2D eigenvalue weighted by Gasteiger charge is -2.28. The molecule has 3 heterocycles. The Morgan fingerprint density at radius 1 is 1.32 bits per heavy atom. The van der Waals surface area contributed by atoms with E-state index in [1.54, 1.807) is 4.90 Å². The molecule has 1 saturated heterocycles. The number of oxazole rings is 1. The van der Waals surface area contributed by atoms with Crippen LogP contribution in [0.3, 0.4) is 0 Å². The van der Waals surface area contributed by atoms with Gasteiger partial charge in [0.1, 0.15) is 18.6 Å². The molecule has 0 aliphatic carbocycles. The Morgan fingerprint density at radius 3 is 2.96 bits per heavy atom. The van der Waals surface area contributed by atoms with Crippen LogP contribution in [0.15, 0.2) is 28.9 Å². The van der Waals surface area contributed by atoms with E-state index >= 15 is 0 Å². The third-order valence-electron chi connectivity index (χ3n) is 5.21. The number of carbonyl (C=O) groups excluding carboxylic acids is 2. The van der Waals surface area contributed by atoms with Crippen molar-refractivity contribution in [2.75, 3.05) is 37.7 Å². The molecule has 1 aromatic heterocycles. The van der Waals surface area contributed by atoms with E-state index in [1.165, 1.54) is 37.1 Å². The molecular formula is C20H25N4O4+. The number of amides is 2. The number of hydrogen-bond acceptors (Lipinski definition) is 5. The summed E-state index contributed by atoms with van der Waals surface area (Å²) in [7, 11) is 0. The maximum absolute atomic E-state index is 12.3. The zero-order valence-electron chi connectivity index (χ0n) is 16.0. The standard InChI is InChI=1S/C20H24N4O4/c1-14-4-5-17-16(10-14)24(19(25)13-27-17)11-18-22-15(12-28-18)20(26)21-6-9-23-7-2-3-8-23/h4-5,10,12H,2-3,6-9,11,13H2,1H3,(H,21,26)/p+1. The molecule has 1 fully saturated rings. The molecule has 28 heavy (non-hydrogen) atoms. The molecule has 2 N–H and O–H groups in total. The number of carbonyl (C=O) groups is 2. The van der Waals surface area contributed by atoms with Crippen LogP contribution in [-0.4, -0.2) is 49.6 Å². The molecule has 8 nitrogen and oxygen atoms in total. The number of hydrogen-bond donors (Lipinski definition) is 2. The Bertz CT molecular complexity index is 873. The molecular weight excluding hydrogens is 360 g/mol. The average molecular weight is 385 g/mol. The number of rotatable bonds is 6. The van der Waals surface area contributed by atoms with E-state index in [2.05, 4.69) is 10.3 Å². The molecule has 1 aromatic carbocycles. The summed E-state index contributed by atoms with van der Waals surface area (Å²) in [4.78, 5) is 32.0. The highest BCUT2D eigenvalue weighted by molar-refractivity contribution is 5.97. The molecule has 0 saturated carbocycles. The Labute approximate surface area is 163 Å². The van der Waals surface area contributed by atoms with Crippen LogP contribution in [0, 0.1) is 6.92 Å². The summed E-state index contributed by atoms with van der Waals surface area (Å²) in [6, 6.07) is 5.68. The monoisotopic (exact) mass is 385 g/mol. The van der Waals surface area contributed by atoms with Gasteiger partial charge in [-0.15, -0.1) is 0 Å². The van der Waals surface area contributed by atoms with Gasteiger partial charge in [-0.3, -0.25) is 14.5 Å². The Kier molecular flexibility index (Phi) is 5.29. The first-order valence-corrected chi connectivity index (χ1v) is 9.70. The van der Waals surface area contributed by atoms with Crippen LogP contribution in [0.1, 0.15) is 34.8 Å². The second-order valence-electron chi connectivity index (χ2n) is 7.33. The number of ether oxygens (including phenoxy) is 1. The highest BCUT2D eigenvalue weighted by atomic mass is 16.5. The molecule has 2 amide bonds. The first-order chi connectivity index (χ1) is 13.6. The zero-order chi connectivity index (χ0) is 19.5. The maximum Gasteiger partial charge on any atom is 0.273 e. The van der Waals surface area contributed by atoms with Crippen molar-refractivity contribution in [2.24, 2.45) is 0 Å². The minimum absolute atomic E-state index is 0.0249. The first-order valence-electron chi connectivity index (χ1n) is 9.70. The van der Waals surface area contributed by atoms with Gasteiger partial charge in [-0.2, -0.15) is 0 Å². The van der Waals surface area contributed by atoms with Gasteiger partial charge in [0.2, 0.25) is 5.89 Å². The summed E-state index contributed by atoms with van der Waals surface area (Å²) in [5.41, 5.74) is 1.94. The van der Waals surface area contributed by atoms with E-state index in [0.29, 0.717) is 23.9 Å². The highest BCUT2D eigenvalue weighted by Gasteiger charge is 2.27. The number of aryl methyl sites for hydroxylation is 1. The van der Waals surface area contributed by atoms with Gasteiger partial charge < -0.3 is 19.4 Å². The van der Waals surface area contributed by atoms with Crippen molar-refractivity contribution in [2.45, 2.75) is 26.3 Å². The van der Waals surface area contributed by atoms with Crippen molar-refractivity contribution in [3.63, 3.8) is 0 Å². The van der Waals surface area contributed by atoms with Crippen molar-refractivity contribution in [3.8, 4) is 5.75 Å². The van der Waals surface area contributed by atoms with Crippen LogP contribution in [0.2, 0.25) is 0 Å². The summed E-state index contributed by atoms with van der Waals surface area (Å²) in [6.07, 6.45) is 3.87. The van der Waals surface area contributed by atoms with Crippen molar-refractivity contribution >= 4 is 17.5 Å². The molecule has 0 bridgehead atoms. The first kappa shape index (κ1) is 18.5. The lowest BCUT2D eigenvalue weighted by Crippen LogP contribution is -3.10. The lowest BCUT2D eigenvalue weighted by atomic mass is 10.1. The molecule has 0 spiro atoms. The fourth-order valence-electron chi connectivity index (χ4n) is 3.68. The van der Waals surface area contributed by atoms with Crippen LogP contribution in [0.5, 0.6) is 5.75 Å². The van der Waals surface area contributed by atoms with Crippen molar-refractivity contribution in [1.82, 2.24) is 10.3 Å². The van der Waals surface area contributed by atoms with E-state index < -0.39 is 0 Å². The van der Waals surface area contributed by atoms with Crippen LogP contribution in [-0.2, 0) is 11.3 Å². The van der Waals surface area contributed by atoms with Gasteiger partial charge in [0.25, 0.3) is 11.8 Å². The number of nitrogens with zero attached hydrogens (tertiary/aromatic N) is 2. The van der Waals surface area contributed by atoms with Crippen molar-refractivity contribution in [1.29, 1.82) is 0 Å². The van der Waals surface area contributed by atoms with Gasteiger partial charge in [-0.05, 0) is 24.6 Å². The lowest BCUT2D eigenvalue weighted by molar-refractivity contribution is -0.886. The molecule has 2 aliphatic heterocycles. The summed E-state index contributed by atoms with van der Waals surface area (Å²) >= 11 is 0. The Balaban J connectivity index is 1.38. The topological polar surface area (TPSA) is 89.1 Å². The van der Waals surface area contributed by atoms with E-state index in [-0.39, 0.29) is 30.7 Å². The molecule has 2 aliphatic rings. The number of aromatic nitrogens is 1. The molecule has 0 unspecified atom stereocenters. The predicted molar refractivity (Wildman–Crippen MR) is 101 cm³/mol. The predicted octanol–water partition coefficient (Wildman–Crippen LogP) is 0.317. The van der Waals surface area contributed by atoms with Crippen LogP contribution < -0.4 is 19.9 Å². The van der Waals surface area contributed by atoms with E-state index in [1.807, 2.05) is 25.1 Å². The minimum atomic E-state index is -0.252. The van der Waals surface area contributed by atoms with Gasteiger partial charge in [0, 0.05) is 12.8 Å². The summed E-state index contributed by atoms with van der Waals surface area (Å²) in [5, 5.41) is 2.89. The van der Waals surface area contributed by atoms with Crippen LogP contribution >= 0.6 is 0 Å². The number of nitrogens with one attached hydrogen (secondary N) is 2. The van der Waals surface area contributed by atoms with Gasteiger partial charge >= 0.3 is 0 Å². The third-order valence-corrected chi connectivity index (χ3v) is 5.21. The number of anilines is 1. The molecule has 0 atom stereocenters.